The van der Waals surface area contributed by atoms with Gasteiger partial charge in [0.15, 0.2) is 0 Å². The molecule has 1 aromatic carbocycles. The minimum atomic E-state index is 0.264. The van der Waals surface area contributed by atoms with Crippen molar-refractivity contribution in [3.05, 3.63) is 47.4 Å². The zero-order chi connectivity index (χ0) is 13.7. The van der Waals surface area contributed by atoms with Crippen LogP contribution in [0.3, 0.4) is 0 Å². The standard InChI is InChI=1S/C15H18ClNO2/c1-3-18-15-7-6-12(10-14(15)16)17-11(2)9-13-5-4-8-19-13/h4-8,10-11,17H,3,9H2,1-2H3. The number of benzene rings is 1. The van der Waals surface area contributed by atoms with Crippen LogP contribution in [0.15, 0.2) is 41.0 Å². The van der Waals surface area contributed by atoms with Gasteiger partial charge in [0.25, 0.3) is 0 Å². The molecule has 1 heterocycles. The first kappa shape index (κ1) is 13.8. The van der Waals surface area contributed by atoms with Crippen LogP contribution in [0.5, 0.6) is 5.75 Å². The minimum absolute atomic E-state index is 0.264. The van der Waals surface area contributed by atoms with Crippen LogP contribution in [0.4, 0.5) is 5.69 Å². The molecule has 0 saturated heterocycles. The van der Waals surface area contributed by atoms with Gasteiger partial charge in [0.2, 0.25) is 0 Å². The lowest BCUT2D eigenvalue weighted by Gasteiger charge is -2.15. The van der Waals surface area contributed by atoms with Gasteiger partial charge >= 0.3 is 0 Å². The van der Waals surface area contributed by atoms with Crippen molar-refractivity contribution in [3.8, 4) is 5.75 Å². The quantitative estimate of drug-likeness (QED) is 0.852. The third-order valence-electron chi connectivity index (χ3n) is 2.73. The molecular formula is C15H18ClNO2. The second kappa shape index (κ2) is 6.53. The van der Waals surface area contributed by atoms with Crippen LogP contribution in [0.25, 0.3) is 0 Å². The molecule has 4 heteroatoms. The van der Waals surface area contributed by atoms with Crippen molar-refractivity contribution >= 4 is 17.3 Å². The van der Waals surface area contributed by atoms with E-state index < -0.39 is 0 Å². The van der Waals surface area contributed by atoms with E-state index in [1.807, 2.05) is 37.3 Å². The van der Waals surface area contributed by atoms with Crippen molar-refractivity contribution < 1.29 is 9.15 Å². The fourth-order valence-corrected chi connectivity index (χ4v) is 2.16. The van der Waals surface area contributed by atoms with Crippen molar-refractivity contribution in [1.29, 1.82) is 0 Å². The molecule has 1 aromatic heterocycles. The number of furan rings is 1. The summed E-state index contributed by atoms with van der Waals surface area (Å²) in [4.78, 5) is 0. The molecule has 1 N–H and O–H groups in total. The van der Waals surface area contributed by atoms with Crippen molar-refractivity contribution in [1.82, 2.24) is 0 Å². The Bertz CT molecular complexity index is 511. The molecule has 0 saturated carbocycles. The molecule has 0 aliphatic heterocycles. The first-order chi connectivity index (χ1) is 9.19. The maximum absolute atomic E-state index is 6.15. The van der Waals surface area contributed by atoms with Crippen LogP contribution in [0.1, 0.15) is 19.6 Å². The molecule has 102 valence electrons. The largest absolute Gasteiger partial charge is 0.492 e. The SMILES string of the molecule is CCOc1ccc(NC(C)Cc2ccco2)cc1Cl. The van der Waals surface area contributed by atoms with E-state index in [-0.39, 0.29) is 6.04 Å². The number of halogens is 1. The van der Waals surface area contributed by atoms with Crippen molar-refractivity contribution in [2.24, 2.45) is 0 Å². The summed E-state index contributed by atoms with van der Waals surface area (Å²) in [6.45, 7) is 4.65. The number of hydrogen-bond acceptors (Lipinski definition) is 3. The summed E-state index contributed by atoms with van der Waals surface area (Å²) >= 11 is 6.15. The zero-order valence-electron chi connectivity index (χ0n) is 11.2. The Labute approximate surface area is 118 Å². The number of hydrogen-bond donors (Lipinski definition) is 1. The van der Waals surface area contributed by atoms with Gasteiger partial charge in [-0.15, -0.1) is 0 Å². The van der Waals surface area contributed by atoms with Crippen molar-refractivity contribution in [3.63, 3.8) is 0 Å². The highest BCUT2D eigenvalue weighted by atomic mass is 35.5. The lowest BCUT2D eigenvalue weighted by atomic mass is 10.2. The van der Waals surface area contributed by atoms with E-state index in [4.69, 9.17) is 20.8 Å². The molecule has 0 aliphatic rings. The maximum Gasteiger partial charge on any atom is 0.138 e. The van der Waals surface area contributed by atoms with Gasteiger partial charge in [-0.25, -0.2) is 0 Å². The van der Waals surface area contributed by atoms with Gasteiger partial charge in [0.05, 0.1) is 17.9 Å². The minimum Gasteiger partial charge on any atom is -0.492 e. The fourth-order valence-electron chi connectivity index (χ4n) is 1.93. The van der Waals surface area contributed by atoms with Gasteiger partial charge in [-0.05, 0) is 44.2 Å². The van der Waals surface area contributed by atoms with Gasteiger partial charge < -0.3 is 14.5 Å². The molecular weight excluding hydrogens is 262 g/mol. The predicted molar refractivity (Wildman–Crippen MR) is 78.1 cm³/mol. The molecule has 0 bridgehead atoms. The van der Waals surface area contributed by atoms with Crippen molar-refractivity contribution in [2.45, 2.75) is 26.3 Å². The summed E-state index contributed by atoms with van der Waals surface area (Å²) in [6.07, 6.45) is 2.52. The molecule has 0 fully saturated rings. The average molecular weight is 280 g/mol. The summed E-state index contributed by atoms with van der Waals surface area (Å²) in [6, 6.07) is 9.87. The third kappa shape index (κ3) is 3.93. The van der Waals surface area contributed by atoms with Crippen LogP contribution in [0, 0.1) is 0 Å². The highest BCUT2D eigenvalue weighted by molar-refractivity contribution is 6.32. The van der Waals surface area contributed by atoms with Crippen LogP contribution in [-0.4, -0.2) is 12.6 Å². The van der Waals surface area contributed by atoms with E-state index in [1.54, 1.807) is 6.26 Å². The summed E-state index contributed by atoms with van der Waals surface area (Å²) in [5.74, 6) is 1.69. The van der Waals surface area contributed by atoms with Gasteiger partial charge in [-0.3, -0.25) is 0 Å². The summed E-state index contributed by atoms with van der Waals surface area (Å²) < 4.78 is 10.7. The van der Waals surface area contributed by atoms with Crippen LogP contribution in [-0.2, 0) is 6.42 Å². The molecule has 3 nitrogen and oxygen atoms in total. The highest BCUT2D eigenvalue weighted by Crippen LogP contribution is 2.28. The topological polar surface area (TPSA) is 34.4 Å². The van der Waals surface area contributed by atoms with E-state index in [0.29, 0.717) is 17.4 Å². The Morgan fingerprint density at radius 1 is 1.37 bits per heavy atom. The van der Waals surface area contributed by atoms with Gasteiger partial charge in [0, 0.05) is 18.2 Å². The Balaban J connectivity index is 1.97. The molecule has 0 amide bonds. The van der Waals surface area contributed by atoms with Crippen LogP contribution < -0.4 is 10.1 Å². The van der Waals surface area contributed by atoms with Gasteiger partial charge in [-0.1, -0.05) is 11.6 Å². The molecule has 1 unspecified atom stereocenters. The Morgan fingerprint density at radius 2 is 2.21 bits per heavy atom. The summed E-state index contributed by atoms with van der Waals surface area (Å²) in [5, 5.41) is 4.01. The summed E-state index contributed by atoms with van der Waals surface area (Å²) in [7, 11) is 0. The lowest BCUT2D eigenvalue weighted by molar-refractivity contribution is 0.340. The molecule has 2 aromatic rings. The number of anilines is 1. The Morgan fingerprint density at radius 3 is 2.84 bits per heavy atom. The monoisotopic (exact) mass is 279 g/mol. The second-order valence-corrected chi connectivity index (χ2v) is 4.81. The van der Waals surface area contributed by atoms with E-state index >= 15 is 0 Å². The Hall–Kier alpha value is -1.61. The average Bonchev–Trinajstić information content (AvgIpc) is 2.85. The van der Waals surface area contributed by atoms with E-state index in [9.17, 15) is 0 Å². The summed E-state index contributed by atoms with van der Waals surface area (Å²) in [5.41, 5.74) is 0.979. The number of ether oxygens (including phenoxy) is 1. The normalized spacial score (nSPS) is 12.2. The number of rotatable bonds is 6. The first-order valence-electron chi connectivity index (χ1n) is 6.40. The van der Waals surface area contributed by atoms with Crippen LogP contribution >= 0.6 is 11.6 Å². The van der Waals surface area contributed by atoms with E-state index in [1.165, 1.54) is 0 Å². The molecule has 19 heavy (non-hydrogen) atoms. The second-order valence-electron chi connectivity index (χ2n) is 4.41. The predicted octanol–water partition coefficient (Wildman–Crippen LogP) is 4.37. The fraction of sp³-hybridized carbons (Fsp3) is 0.333. The van der Waals surface area contributed by atoms with E-state index in [2.05, 4.69) is 12.2 Å². The number of nitrogens with one attached hydrogen (secondary N) is 1. The van der Waals surface area contributed by atoms with Crippen molar-refractivity contribution in [2.75, 3.05) is 11.9 Å². The molecule has 0 radical (unpaired) electrons. The Kier molecular flexibility index (Phi) is 4.74. The first-order valence-corrected chi connectivity index (χ1v) is 6.78. The smallest absolute Gasteiger partial charge is 0.138 e. The molecule has 0 aliphatic carbocycles. The molecule has 0 spiro atoms. The maximum atomic E-state index is 6.15. The zero-order valence-corrected chi connectivity index (χ0v) is 11.9. The van der Waals surface area contributed by atoms with Crippen LogP contribution in [0.2, 0.25) is 5.02 Å². The van der Waals surface area contributed by atoms with Gasteiger partial charge in [0.1, 0.15) is 11.5 Å². The third-order valence-corrected chi connectivity index (χ3v) is 3.03. The molecule has 1 atom stereocenters. The highest BCUT2D eigenvalue weighted by Gasteiger charge is 2.07. The lowest BCUT2D eigenvalue weighted by Crippen LogP contribution is -2.17. The van der Waals surface area contributed by atoms with E-state index in [0.717, 1.165) is 17.9 Å². The molecule has 2 rings (SSSR count). The van der Waals surface area contributed by atoms with Gasteiger partial charge in [-0.2, -0.15) is 0 Å².